The molecule has 0 N–H and O–H groups in total. The molecule has 0 aliphatic carbocycles. The number of ether oxygens (including phenoxy) is 3. The Labute approximate surface area is 409 Å². The molecule has 0 bridgehead atoms. The van der Waals surface area contributed by atoms with Gasteiger partial charge in [-0.3, -0.25) is 14.4 Å². The van der Waals surface area contributed by atoms with Crippen molar-refractivity contribution in [1.29, 1.82) is 0 Å². The predicted octanol–water partition coefficient (Wildman–Crippen LogP) is 19.0. The summed E-state index contributed by atoms with van der Waals surface area (Å²) in [6, 6.07) is 0. The van der Waals surface area contributed by atoms with Gasteiger partial charge in [0.15, 0.2) is 6.10 Å². The molecule has 0 amide bonds. The standard InChI is InChI=1S/C60H108O6/c1-4-7-10-13-16-19-22-25-27-29-31-32-35-38-41-44-47-50-53-59(62)65-56-57(55-64-58(61)52-49-46-43-40-37-34-24-21-18-15-12-9-6-3)66-60(63)54-51-48-45-42-39-36-33-30-28-26-23-20-17-14-11-8-5-2/h17,20,26,28,34,37,43,46,57H,4-16,18-19,21-25,27,29-33,35-36,38-42,44-45,47-56H2,1-3H3/b20-17-,28-26-,37-34-,46-43-. The average Bonchev–Trinajstić information content (AvgIpc) is 3.31. The van der Waals surface area contributed by atoms with Crippen LogP contribution in [0.5, 0.6) is 0 Å². The van der Waals surface area contributed by atoms with Crippen molar-refractivity contribution in [2.24, 2.45) is 0 Å². The van der Waals surface area contributed by atoms with E-state index in [2.05, 4.69) is 63.3 Å². The first-order valence-electron chi connectivity index (χ1n) is 28.6. The topological polar surface area (TPSA) is 78.9 Å². The Bertz CT molecular complexity index is 1150. The van der Waals surface area contributed by atoms with Crippen LogP contribution in [-0.2, 0) is 28.6 Å². The Morgan fingerprint density at radius 2 is 0.576 bits per heavy atom. The summed E-state index contributed by atoms with van der Waals surface area (Å²) in [5.74, 6) is -0.956. The van der Waals surface area contributed by atoms with Crippen LogP contribution in [0, 0.1) is 0 Å². The molecule has 0 rings (SSSR count). The molecule has 0 aromatic heterocycles. The molecule has 0 aliphatic rings. The van der Waals surface area contributed by atoms with Crippen LogP contribution in [-0.4, -0.2) is 37.2 Å². The molecule has 0 heterocycles. The molecule has 1 unspecified atom stereocenters. The van der Waals surface area contributed by atoms with E-state index >= 15 is 0 Å². The zero-order chi connectivity index (χ0) is 47.9. The number of carbonyl (C=O) groups is 3. The second kappa shape index (κ2) is 55.0. The molecule has 0 saturated carbocycles. The predicted molar refractivity (Wildman–Crippen MR) is 284 cm³/mol. The van der Waals surface area contributed by atoms with Crippen molar-refractivity contribution in [3.05, 3.63) is 48.6 Å². The van der Waals surface area contributed by atoms with Gasteiger partial charge in [-0.05, 0) is 70.6 Å². The highest BCUT2D eigenvalue weighted by atomic mass is 16.6. The lowest BCUT2D eigenvalue weighted by atomic mass is 10.0. The van der Waals surface area contributed by atoms with E-state index in [-0.39, 0.29) is 37.5 Å². The zero-order valence-electron chi connectivity index (χ0n) is 44.0. The molecule has 0 radical (unpaired) electrons. The van der Waals surface area contributed by atoms with Gasteiger partial charge in [-0.25, -0.2) is 0 Å². The van der Waals surface area contributed by atoms with Crippen molar-refractivity contribution in [2.75, 3.05) is 13.2 Å². The summed E-state index contributed by atoms with van der Waals surface area (Å²) in [5, 5.41) is 0. The fourth-order valence-corrected chi connectivity index (χ4v) is 8.23. The highest BCUT2D eigenvalue weighted by Gasteiger charge is 2.19. The van der Waals surface area contributed by atoms with Gasteiger partial charge in [0.25, 0.3) is 0 Å². The minimum atomic E-state index is -0.797. The van der Waals surface area contributed by atoms with Gasteiger partial charge in [-0.2, -0.15) is 0 Å². The Morgan fingerprint density at radius 3 is 0.955 bits per heavy atom. The monoisotopic (exact) mass is 925 g/mol. The van der Waals surface area contributed by atoms with Crippen molar-refractivity contribution in [3.8, 4) is 0 Å². The first-order valence-corrected chi connectivity index (χ1v) is 28.6. The molecular weight excluding hydrogens is 817 g/mol. The van der Waals surface area contributed by atoms with E-state index in [0.717, 1.165) is 64.2 Å². The summed E-state index contributed by atoms with van der Waals surface area (Å²) < 4.78 is 16.8. The van der Waals surface area contributed by atoms with Crippen LogP contribution in [0.2, 0.25) is 0 Å². The number of hydrogen-bond acceptors (Lipinski definition) is 6. The van der Waals surface area contributed by atoms with E-state index < -0.39 is 6.10 Å². The van der Waals surface area contributed by atoms with E-state index in [9.17, 15) is 14.4 Å². The lowest BCUT2D eigenvalue weighted by Gasteiger charge is -2.18. The quantitative estimate of drug-likeness (QED) is 0.0262. The van der Waals surface area contributed by atoms with Gasteiger partial charge in [0.05, 0.1) is 0 Å². The molecular formula is C60H108O6. The fourth-order valence-electron chi connectivity index (χ4n) is 8.23. The van der Waals surface area contributed by atoms with Gasteiger partial charge in [-0.15, -0.1) is 0 Å². The van der Waals surface area contributed by atoms with Gasteiger partial charge in [0.2, 0.25) is 0 Å². The van der Waals surface area contributed by atoms with Gasteiger partial charge in [0, 0.05) is 19.3 Å². The molecule has 0 saturated heterocycles. The number of carbonyl (C=O) groups excluding carboxylic acids is 3. The molecule has 0 aliphatic heterocycles. The number of esters is 3. The third-order valence-electron chi connectivity index (χ3n) is 12.6. The number of unbranched alkanes of at least 4 members (excludes halogenated alkanes) is 33. The Balaban J connectivity index is 4.39. The molecule has 0 spiro atoms. The first kappa shape index (κ1) is 63.4. The summed E-state index contributed by atoms with van der Waals surface area (Å²) in [4.78, 5) is 38.1. The highest BCUT2D eigenvalue weighted by molar-refractivity contribution is 5.71. The largest absolute Gasteiger partial charge is 0.462 e. The number of hydrogen-bond donors (Lipinski definition) is 0. The summed E-state index contributed by atoms with van der Waals surface area (Å²) in [6.07, 6.45) is 66.8. The van der Waals surface area contributed by atoms with Crippen LogP contribution in [0.25, 0.3) is 0 Å². The number of rotatable bonds is 52. The minimum absolute atomic E-state index is 0.0905. The van der Waals surface area contributed by atoms with Crippen LogP contribution in [0.3, 0.4) is 0 Å². The molecule has 0 aromatic rings. The van der Waals surface area contributed by atoms with Gasteiger partial charge in [0.1, 0.15) is 13.2 Å². The molecule has 0 aromatic carbocycles. The number of allylic oxidation sites excluding steroid dienone is 8. The second-order valence-corrected chi connectivity index (χ2v) is 19.2. The maximum atomic E-state index is 12.8. The second-order valence-electron chi connectivity index (χ2n) is 19.2. The van der Waals surface area contributed by atoms with Crippen molar-refractivity contribution in [3.63, 3.8) is 0 Å². The van der Waals surface area contributed by atoms with Crippen molar-refractivity contribution in [2.45, 2.75) is 303 Å². The molecule has 0 fully saturated rings. The normalized spacial score (nSPS) is 12.3. The Kier molecular flexibility index (Phi) is 52.8. The van der Waals surface area contributed by atoms with Gasteiger partial charge >= 0.3 is 17.9 Å². The van der Waals surface area contributed by atoms with E-state index in [4.69, 9.17) is 14.2 Å². The van der Waals surface area contributed by atoms with Crippen molar-refractivity contribution in [1.82, 2.24) is 0 Å². The third-order valence-corrected chi connectivity index (χ3v) is 12.6. The maximum absolute atomic E-state index is 12.8. The summed E-state index contributed by atoms with van der Waals surface area (Å²) in [7, 11) is 0. The summed E-state index contributed by atoms with van der Waals surface area (Å²) in [6.45, 7) is 6.58. The maximum Gasteiger partial charge on any atom is 0.306 e. The van der Waals surface area contributed by atoms with E-state index in [0.29, 0.717) is 19.3 Å². The van der Waals surface area contributed by atoms with Crippen LogP contribution >= 0.6 is 0 Å². The molecule has 384 valence electrons. The SMILES string of the molecule is CCCCC/C=C\C/C=C\CCCCCCCCCC(=O)OC(COC(=O)CC/C=C\C/C=C\CCCCCCCC)COC(=O)CCCCCCCCCCCCCCCCCCCC. The average molecular weight is 926 g/mol. The minimum Gasteiger partial charge on any atom is -0.462 e. The Hall–Kier alpha value is -2.63. The van der Waals surface area contributed by atoms with Crippen LogP contribution in [0.4, 0.5) is 0 Å². The zero-order valence-corrected chi connectivity index (χ0v) is 44.0. The van der Waals surface area contributed by atoms with E-state index in [1.807, 2.05) is 6.08 Å². The fraction of sp³-hybridized carbons (Fsp3) is 0.817. The smallest absolute Gasteiger partial charge is 0.306 e. The molecule has 6 heteroatoms. The van der Waals surface area contributed by atoms with Crippen LogP contribution < -0.4 is 0 Å². The van der Waals surface area contributed by atoms with E-state index in [1.165, 1.54) is 186 Å². The summed E-state index contributed by atoms with van der Waals surface area (Å²) in [5.41, 5.74) is 0. The van der Waals surface area contributed by atoms with Gasteiger partial charge < -0.3 is 14.2 Å². The van der Waals surface area contributed by atoms with Gasteiger partial charge in [-0.1, -0.05) is 256 Å². The third kappa shape index (κ3) is 52.3. The highest BCUT2D eigenvalue weighted by Crippen LogP contribution is 2.16. The summed E-state index contributed by atoms with van der Waals surface area (Å²) >= 11 is 0. The van der Waals surface area contributed by atoms with Crippen LogP contribution in [0.15, 0.2) is 48.6 Å². The first-order chi connectivity index (χ1) is 32.5. The van der Waals surface area contributed by atoms with Crippen molar-refractivity contribution >= 4 is 17.9 Å². The molecule has 66 heavy (non-hydrogen) atoms. The molecule has 6 nitrogen and oxygen atoms in total. The molecule has 1 atom stereocenters. The van der Waals surface area contributed by atoms with E-state index in [1.54, 1.807) is 0 Å². The van der Waals surface area contributed by atoms with Crippen molar-refractivity contribution < 1.29 is 28.6 Å². The lowest BCUT2D eigenvalue weighted by Crippen LogP contribution is -2.30. The lowest BCUT2D eigenvalue weighted by molar-refractivity contribution is -0.166. The van der Waals surface area contributed by atoms with Crippen LogP contribution in [0.1, 0.15) is 297 Å². The Morgan fingerprint density at radius 1 is 0.303 bits per heavy atom.